The van der Waals surface area contributed by atoms with Gasteiger partial charge in [-0.25, -0.2) is 4.98 Å². The monoisotopic (exact) mass is 360 g/mol. The molecule has 5 heteroatoms. The average Bonchev–Trinajstić information content (AvgIpc) is 3.41. The first-order valence-electron chi connectivity index (χ1n) is 7.60. The molecule has 120 valence electrons. The van der Waals surface area contributed by atoms with Crippen molar-refractivity contribution in [1.82, 2.24) is 4.98 Å². The molecular weight excluding hydrogens is 348 g/mol. The second-order valence-electron chi connectivity index (χ2n) is 5.25. The molecule has 0 bridgehead atoms. The molecule has 0 aliphatic rings. The van der Waals surface area contributed by atoms with Gasteiger partial charge in [0.25, 0.3) is 0 Å². The van der Waals surface area contributed by atoms with Crippen LogP contribution in [0.25, 0.3) is 33.5 Å². The van der Waals surface area contributed by atoms with Gasteiger partial charge in [0.1, 0.15) is 22.6 Å². The summed E-state index contributed by atoms with van der Waals surface area (Å²) in [5.74, 6) is 1.42. The Balaban J connectivity index is 1.64. The number of nitrogens with zero attached hydrogens (tertiary/aromatic N) is 2. The second-order valence-corrected chi connectivity index (χ2v) is 7.06. The fourth-order valence-corrected chi connectivity index (χ4v) is 3.95. The Hall–Kier alpha value is -2.94. The van der Waals surface area contributed by atoms with Gasteiger partial charge in [0.05, 0.1) is 16.1 Å². The number of rotatable bonds is 4. The zero-order chi connectivity index (χ0) is 17.1. The number of aromatic nitrogens is 1. The summed E-state index contributed by atoms with van der Waals surface area (Å²) in [6, 6.07) is 19.9. The molecule has 0 saturated heterocycles. The molecule has 0 unspecified atom stereocenters. The van der Waals surface area contributed by atoms with Crippen molar-refractivity contribution < 1.29 is 4.42 Å². The summed E-state index contributed by atoms with van der Waals surface area (Å²) in [7, 11) is 0. The van der Waals surface area contributed by atoms with Crippen molar-refractivity contribution in [2.75, 3.05) is 0 Å². The van der Waals surface area contributed by atoms with Gasteiger partial charge in [-0.1, -0.05) is 36.4 Å². The van der Waals surface area contributed by atoms with Crippen LogP contribution in [-0.4, -0.2) is 4.98 Å². The molecule has 1 aromatic carbocycles. The van der Waals surface area contributed by atoms with Gasteiger partial charge >= 0.3 is 0 Å². The van der Waals surface area contributed by atoms with Crippen LogP contribution in [0.1, 0.15) is 10.8 Å². The van der Waals surface area contributed by atoms with E-state index in [0.717, 1.165) is 21.9 Å². The number of thiophene rings is 1. The number of benzene rings is 1. The van der Waals surface area contributed by atoms with Crippen LogP contribution in [0.5, 0.6) is 0 Å². The lowest BCUT2D eigenvalue weighted by Gasteiger charge is -1.95. The van der Waals surface area contributed by atoms with Crippen LogP contribution < -0.4 is 0 Å². The molecule has 3 nitrogen and oxygen atoms in total. The maximum absolute atomic E-state index is 9.51. The zero-order valence-electron chi connectivity index (χ0n) is 13.0. The molecule has 25 heavy (non-hydrogen) atoms. The van der Waals surface area contributed by atoms with E-state index in [-0.39, 0.29) is 0 Å². The van der Waals surface area contributed by atoms with Gasteiger partial charge in [-0.3, -0.25) is 0 Å². The molecule has 0 amide bonds. The molecule has 4 aromatic rings. The number of nitriles is 1. The number of hydrogen-bond donors (Lipinski definition) is 0. The van der Waals surface area contributed by atoms with Crippen molar-refractivity contribution in [2.45, 2.75) is 0 Å². The van der Waals surface area contributed by atoms with Gasteiger partial charge in [0.2, 0.25) is 0 Å². The van der Waals surface area contributed by atoms with Gasteiger partial charge in [-0.15, -0.1) is 22.7 Å². The van der Waals surface area contributed by atoms with E-state index in [9.17, 15) is 5.26 Å². The molecule has 0 spiro atoms. The van der Waals surface area contributed by atoms with E-state index in [1.165, 1.54) is 11.3 Å². The maximum atomic E-state index is 9.51. The zero-order valence-corrected chi connectivity index (χ0v) is 14.7. The summed E-state index contributed by atoms with van der Waals surface area (Å²) in [6.07, 6.45) is 1.74. The lowest BCUT2D eigenvalue weighted by atomic mass is 10.2. The van der Waals surface area contributed by atoms with Gasteiger partial charge in [0.15, 0.2) is 0 Å². The second kappa shape index (κ2) is 6.89. The van der Waals surface area contributed by atoms with Crippen LogP contribution >= 0.6 is 22.7 Å². The minimum absolute atomic E-state index is 0.502. The van der Waals surface area contributed by atoms with Crippen LogP contribution in [0.2, 0.25) is 0 Å². The van der Waals surface area contributed by atoms with E-state index >= 15 is 0 Å². The fourth-order valence-electron chi connectivity index (χ4n) is 2.41. The van der Waals surface area contributed by atoms with E-state index in [4.69, 9.17) is 4.42 Å². The number of furan rings is 1. The predicted molar refractivity (Wildman–Crippen MR) is 103 cm³/mol. The highest BCUT2D eigenvalue weighted by Crippen LogP contribution is 2.30. The van der Waals surface area contributed by atoms with Crippen molar-refractivity contribution in [3.8, 4) is 28.0 Å². The lowest BCUT2D eigenvalue weighted by Crippen LogP contribution is -1.80. The van der Waals surface area contributed by atoms with Crippen molar-refractivity contribution in [3.63, 3.8) is 0 Å². The number of thiazole rings is 1. The topological polar surface area (TPSA) is 49.8 Å². The van der Waals surface area contributed by atoms with Gasteiger partial charge in [-0.2, -0.15) is 5.26 Å². The molecule has 0 aliphatic carbocycles. The highest BCUT2D eigenvalue weighted by atomic mass is 32.1. The fraction of sp³-hybridized carbons (Fsp3) is 0. The van der Waals surface area contributed by atoms with Crippen LogP contribution in [0.3, 0.4) is 0 Å². The molecule has 3 aromatic heterocycles. The summed E-state index contributed by atoms with van der Waals surface area (Å²) in [6.45, 7) is 0. The molecule has 0 radical (unpaired) electrons. The summed E-state index contributed by atoms with van der Waals surface area (Å²) in [4.78, 5) is 5.68. The van der Waals surface area contributed by atoms with Gasteiger partial charge < -0.3 is 4.42 Å². The van der Waals surface area contributed by atoms with Crippen molar-refractivity contribution in [2.24, 2.45) is 0 Å². The van der Waals surface area contributed by atoms with E-state index < -0.39 is 0 Å². The Morgan fingerprint density at radius 2 is 1.92 bits per heavy atom. The largest absolute Gasteiger partial charge is 0.457 e. The Bertz CT molecular complexity index is 1050. The summed E-state index contributed by atoms with van der Waals surface area (Å²) < 4.78 is 5.85. The Morgan fingerprint density at radius 3 is 2.68 bits per heavy atom. The summed E-state index contributed by atoms with van der Waals surface area (Å²) in [5.41, 5.74) is 2.41. The summed E-state index contributed by atoms with van der Waals surface area (Å²) in [5, 5.41) is 14.2. The van der Waals surface area contributed by atoms with Gasteiger partial charge in [-0.05, 0) is 23.6 Å². The molecule has 0 fully saturated rings. The third-order valence-corrected chi connectivity index (χ3v) is 5.37. The van der Waals surface area contributed by atoms with E-state index in [1.807, 2.05) is 65.4 Å². The highest BCUT2D eigenvalue weighted by molar-refractivity contribution is 7.14. The maximum Gasteiger partial charge on any atom is 0.134 e. The minimum Gasteiger partial charge on any atom is -0.457 e. The number of allylic oxidation sites excluding steroid dienone is 1. The van der Waals surface area contributed by atoms with E-state index in [1.54, 1.807) is 17.4 Å². The third-order valence-electron chi connectivity index (χ3n) is 3.60. The molecule has 3 heterocycles. The Kier molecular flexibility index (Phi) is 4.30. The van der Waals surface area contributed by atoms with Crippen LogP contribution in [-0.2, 0) is 0 Å². The van der Waals surface area contributed by atoms with Crippen LogP contribution in [0.15, 0.2) is 69.8 Å². The van der Waals surface area contributed by atoms with Crippen LogP contribution in [0.4, 0.5) is 0 Å². The molecule has 0 N–H and O–H groups in total. The molecule has 0 aliphatic heterocycles. The quantitative estimate of drug-likeness (QED) is 0.407. The average molecular weight is 360 g/mol. The van der Waals surface area contributed by atoms with E-state index in [2.05, 4.69) is 11.1 Å². The molecule has 4 rings (SSSR count). The summed E-state index contributed by atoms with van der Waals surface area (Å²) >= 11 is 3.10. The highest BCUT2D eigenvalue weighted by Gasteiger charge is 2.11. The first-order chi connectivity index (χ1) is 12.3. The van der Waals surface area contributed by atoms with Crippen molar-refractivity contribution >= 4 is 34.3 Å². The van der Waals surface area contributed by atoms with Crippen molar-refractivity contribution in [3.05, 3.63) is 76.1 Å². The van der Waals surface area contributed by atoms with Crippen molar-refractivity contribution in [1.29, 1.82) is 5.26 Å². The molecule has 0 saturated carbocycles. The van der Waals surface area contributed by atoms with Gasteiger partial charge in [0, 0.05) is 17.0 Å². The number of hydrogen-bond acceptors (Lipinski definition) is 5. The van der Waals surface area contributed by atoms with Crippen LogP contribution in [0, 0.1) is 11.3 Å². The van der Waals surface area contributed by atoms with E-state index in [0.29, 0.717) is 16.3 Å². The lowest BCUT2D eigenvalue weighted by molar-refractivity contribution is 0.572. The Labute approximate surface area is 153 Å². The smallest absolute Gasteiger partial charge is 0.134 e. The third kappa shape index (κ3) is 3.31. The predicted octanol–water partition coefficient (Wildman–Crippen LogP) is 6.20. The first kappa shape index (κ1) is 15.6. The first-order valence-corrected chi connectivity index (χ1v) is 9.36. The normalized spacial score (nSPS) is 11.4. The molecule has 0 atom stereocenters. The minimum atomic E-state index is 0.502. The molecular formula is C20H12N2OS2. The Morgan fingerprint density at radius 1 is 1.04 bits per heavy atom. The standard InChI is InChI=1S/C20H12N2OS2/c21-12-15(20-22-17(13-25-20)19-7-4-10-24-19)11-16-8-9-18(23-16)14-5-2-1-3-6-14/h1-11,13H/b15-11-. The SMILES string of the molecule is N#C/C(=C/c1ccc(-c2ccccc2)o1)c1nc(-c2cccs2)cs1.